The van der Waals surface area contributed by atoms with E-state index in [1.807, 2.05) is 18.7 Å². The molecule has 0 aromatic carbocycles. The molecular formula is C19H29N7O3. The zero-order valence-corrected chi connectivity index (χ0v) is 17.2. The molecule has 29 heavy (non-hydrogen) atoms. The molecule has 3 heterocycles. The highest BCUT2D eigenvalue weighted by atomic mass is 16.2. The Morgan fingerprint density at radius 2 is 1.86 bits per heavy atom. The summed E-state index contributed by atoms with van der Waals surface area (Å²) in [6.07, 6.45) is 3.53. The number of ketones is 1. The van der Waals surface area contributed by atoms with Crippen molar-refractivity contribution in [3.05, 3.63) is 44.6 Å². The number of rotatable bonds is 7. The van der Waals surface area contributed by atoms with Crippen LogP contribution in [0.3, 0.4) is 0 Å². The minimum atomic E-state index is -0.631. The Labute approximate surface area is 168 Å². The van der Waals surface area contributed by atoms with E-state index in [-0.39, 0.29) is 29.6 Å². The molecule has 0 aliphatic carbocycles. The van der Waals surface area contributed by atoms with Gasteiger partial charge in [0.05, 0.1) is 13.1 Å². The van der Waals surface area contributed by atoms with Gasteiger partial charge in [-0.15, -0.1) is 0 Å². The van der Waals surface area contributed by atoms with Gasteiger partial charge in [-0.3, -0.25) is 28.5 Å². The van der Waals surface area contributed by atoms with Crippen molar-refractivity contribution in [3.8, 4) is 0 Å². The predicted molar refractivity (Wildman–Crippen MR) is 110 cm³/mol. The zero-order chi connectivity index (χ0) is 21.1. The fraction of sp³-hybridized carbons (Fsp3) is 0.579. The molecule has 10 nitrogen and oxygen atoms in total. The zero-order valence-electron chi connectivity index (χ0n) is 17.2. The van der Waals surface area contributed by atoms with Gasteiger partial charge < -0.3 is 10.7 Å². The largest absolute Gasteiger partial charge is 0.384 e. The fourth-order valence-electron chi connectivity index (χ4n) is 3.57. The average Bonchev–Trinajstić information content (AvgIpc) is 3.18. The molecule has 10 heteroatoms. The summed E-state index contributed by atoms with van der Waals surface area (Å²) in [7, 11) is 1.38. The third kappa shape index (κ3) is 4.65. The number of H-pyrrole nitrogens is 1. The Kier molecular flexibility index (Phi) is 6.33. The molecule has 1 saturated heterocycles. The summed E-state index contributed by atoms with van der Waals surface area (Å²) in [5.41, 5.74) is 4.88. The smallest absolute Gasteiger partial charge is 0.332 e. The molecule has 1 aliphatic rings. The van der Waals surface area contributed by atoms with Crippen molar-refractivity contribution in [2.45, 2.75) is 26.9 Å². The number of hydrogen-bond donors (Lipinski definition) is 2. The summed E-state index contributed by atoms with van der Waals surface area (Å²) in [6.45, 7) is 8.10. The van der Waals surface area contributed by atoms with Crippen LogP contribution in [0.1, 0.15) is 30.0 Å². The number of piperazine rings is 1. The van der Waals surface area contributed by atoms with Gasteiger partial charge in [0.25, 0.3) is 5.56 Å². The second-order valence-corrected chi connectivity index (χ2v) is 7.92. The van der Waals surface area contributed by atoms with Crippen LogP contribution in [0.2, 0.25) is 0 Å². The Morgan fingerprint density at radius 1 is 1.21 bits per heavy atom. The van der Waals surface area contributed by atoms with Crippen molar-refractivity contribution in [2.75, 3.05) is 38.5 Å². The Bertz CT molecular complexity index is 967. The third-order valence-electron chi connectivity index (χ3n) is 5.17. The van der Waals surface area contributed by atoms with E-state index in [1.54, 1.807) is 12.4 Å². The van der Waals surface area contributed by atoms with E-state index in [0.717, 1.165) is 30.0 Å². The summed E-state index contributed by atoms with van der Waals surface area (Å²) in [5, 5.41) is 0. The van der Waals surface area contributed by atoms with Crippen LogP contribution < -0.4 is 17.0 Å². The summed E-state index contributed by atoms with van der Waals surface area (Å²) in [6, 6.07) is 0. The molecule has 0 radical (unpaired) electrons. The first-order chi connectivity index (χ1) is 13.8. The lowest BCUT2D eigenvalue weighted by molar-refractivity contribution is 0.0838. The number of nitrogen functional groups attached to an aromatic ring is 1. The van der Waals surface area contributed by atoms with Gasteiger partial charge in [0.15, 0.2) is 5.78 Å². The van der Waals surface area contributed by atoms with Crippen LogP contribution in [0.25, 0.3) is 0 Å². The normalized spacial score (nSPS) is 15.9. The van der Waals surface area contributed by atoms with Crippen LogP contribution in [-0.2, 0) is 20.1 Å². The first-order valence-electron chi connectivity index (χ1n) is 9.83. The van der Waals surface area contributed by atoms with E-state index in [1.165, 1.54) is 11.6 Å². The molecule has 3 N–H and O–H groups in total. The first kappa shape index (κ1) is 21.0. The predicted octanol–water partition coefficient (Wildman–Crippen LogP) is -0.491. The van der Waals surface area contributed by atoms with E-state index in [9.17, 15) is 14.4 Å². The third-order valence-corrected chi connectivity index (χ3v) is 5.17. The van der Waals surface area contributed by atoms with E-state index < -0.39 is 11.2 Å². The van der Waals surface area contributed by atoms with Gasteiger partial charge in [-0.05, 0) is 5.92 Å². The average molecular weight is 403 g/mol. The molecule has 0 spiro atoms. The molecule has 0 amide bonds. The van der Waals surface area contributed by atoms with Crippen LogP contribution in [0.5, 0.6) is 0 Å². The van der Waals surface area contributed by atoms with Crippen LogP contribution >= 0.6 is 0 Å². The number of anilines is 1. The summed E-state index contributed by atoms with van der Waals surface area (Å²) >= 11 is 0. The number of carbonyl (C=O) groups excluding carboxylic acids is 1. The summed E-state index contributed by atoms with van der Waals surface area (Å²) < 4.78 is 2.29. The van der Waals surface area contributed by atoms with Gasteiger partial charge in [-0.2, -0.15) is 0 Å². The molecule has 1 fully saturated rings. The van der Waals surface area contributed by atoms with Gasteiger partial charge in [0.2, 0.25) is 0 Å². The minimum Gasteiger partial charge on any atom is -0.384 e. The maximum absolute atomic E-state index is 12.9. The second-order valence-electron chi connectivity index (χ2n) is 7.92. The van der Waals surface area contributed by atoms with Crippen LogP contribution in [0, 0.1) is 5.92 Å². The molecule has 1 aliphatic heterocycles. The van der Waals surface area contributed by atoms with Crippen molar-refractivity contribution >= 4 is 11.6 Å². The highest BCUT2D eigenvalue weighted by Gasteiger charge is 2.25. The number of aromatic nitrogens is 4. The maximum atomic E-state index is 12.9. The van der Waals surface area contributed by atoms with Crippen molar-refractivity contribution in [1.29, 1.82) is 0 Å². The van der Waals surface area contributed by atoms with E-state index >= 15 is 0 Å². The van der Waals surface area contributed by atoms with Crippen LogP contribution in [0.15, 0.2) is 22.0 Å². The van der Waals surface area contributed by atoms with Gasteiger partial charge in [-0.1, -0.05) is 13.8 Å². The molecule has 2 aromatic rings. The number of imidazole rings is 1. The molecule has 158 valence electrons. The number of carbonyl (C=O) groups is 1. The number of nitrogens with zero attached hydrogens (tertiary/aromatic N) is 5. The van der Waals surface area contributed by atoms with Crippen LogP contribution in [-0.4, -0.2) is 67.4 Å². The Balaban J connectivity index is 1.70. The SMILES string of the molecule is CC(C)Cn1c(N)c(C(=O)CN2CCN(Cc3ncc[nH]3)CC2)c(=O)n(C)c1=O. The Hall–Kier alpha value is -2.72. The van der Waals surface area contributed by atoms with Gasteiger partial charge in [0.1, 0.15) is 17.2 Å². The lowest BCUT2D eigenvalue weighted by Crippen LogP contribution is -2.49. The van der Waals surface area contributed by atoms with Crippen molar-refractivity contribution in [2.24, 2.45) is 13.0 Å². The number of aromatic amines is 1. The highest BCUT2D eigenvalue weighted by molar-refractivity contribution is 6.01. The molecule has 0 unspecified atom stereocenters. The molecule has 0 atom stereocenters. The van der Waals surface area contributed by atoms with Gasteiger partial charge in [-0.25, -0.2) is 9.78 Å². The summed E-state index contributed by atoms with van der Waals surface area (Å²) in [4.78, 5) is 49.5. The van der Waals surface area contributed by atoms with Crippen LogP contribution in [0.4, 0.5) is 5.82 Å². The topological polar surface area (TPSA) is 122 Å². The maximum Gasteiger partial charge on any atom is 0.332 e. The van der Waals surface area contributed by atoms with Crippen molar-refractivity contribution in [1.82, 2.24) is 28.9 Å². The molecule has 0 bridgehead atoms. The molecule has 2 aromatic heterocycles. The lowest BCUT2D eigenvalue weighted by atomic mass is 10.1. The minimum absolute atomic E-state index is 0.0340. The summed E-state index contributed by atoms with van der Waals surface area (Å²) in [5.74, 6) is 0.684. The van der Waals surface area contributed by atoms with Crippen molar-refractivity contribution in [3.63, 3.8) is 0 Å². The number of nitrogens with two attached hydrogens (primary N) is 1. The quantitative estimate of drug-likeness (QED) is 0.598. The first-order valence-corrected chi connectivity index (χ1v) is 9.83. The van der Waals surface area contributed by atoms with Gasteiger partial charge in [0, 0.05) is 52.2 Å². The number of nitrogens with one attached hydrogen (secondary N) is 1. The van der Waals surface area contributed by atoms with E-state index in [4.69, 9.17) is 5.73 Å². The standard InChI is InChI=1S/C19H29N7O3/c1-13(2)10-26-17(20)16(18(28)23(3)19(26)29)14(27)11-24-6-8-25(9-7-24)12-15-21-4-5-22-15/h4-5,13H,6-12,20H2,1-3H3,(H,21,22). The van der Waals surface area contributed by atoms with E-state index in [2.05, 4.69) is 14.9 Å². The highest BCUT2D eigenvalue weighted by Crippen LogP contribution is 2.11. The monoisotopic (exact) mass is 403 g/mol. The number of hydrogen-bond acceptors (Lipinski definition) is 7. The van der Waals surface area contributed by atoms with Gasteiger partial charge >= 0.3 is 5.69 Å². The van der Waals surface area contributed by atoms with E-state index in [0.29, 0.717) is 19.6 Å². The fourth-order valence-corrected chi connectivity index (χ4v) is 3.57. The Morgan fingerprint density at radius 3 is 2.45 bits per heavy atom. The lowest BCUT2D eigenvalue weighted by Gasteiger charge is -2.33. The molecular weight excluding hydrogens is 374 g/mol. The van der Waals surface area contributed by atoms with Crippen molar-refractivity contribution < 1.29 is 4.79 Å². The second kappa shape index (κ2) is 8.75. The number of Topliss-reactive ketones (excluding diaryl/α,β-unsaturated/α-hetero) is 1. The molecule has 3 rings (SSSR count). The molecule has 0 saturated carbocycles.